The summed E-state index contributed by atoms with van der Waals surface area (Å²) in [6.45, 7) is 0. The fourth-order valence-electron chi connectivity index (χ4n) is 6.60. The fraction of sp³-hybridized carbons (Fsp3) is 0.571. The first kappa shape index (κ1) is 21.2. The Morgan fingerprint density at radius 3 is 1.55 bits per heavy atom. The van der Waals surface area contributed by atoms with Crippen LogP contribution < -0.4 is 18.9 Å². The molecule has 5 nitrogen and oxygen atoms in total. The van der Waals surface area contributed by atoms with E-state index in [1.807, 2.05) is 48.5 Å². The van der Waals surface area contributed by atoms with E-state index in [2.05, 4.69) is 0 Å². The van der Waals surface area contributed by atoms with Gasteiger partial charge in [0.05, 0.1) is 11.5 Å². The summed E-state index contributed by atoms with van der Waals surface area (Å²) in [6, 6.07) is 15.8. The van der Waals surface area contributed by atoms with Crippen LogP contribution in [0.15, 0.2) is 48.5 Å². The first-order valence-electron chi connectivity index (χ1n) is 12.7. The normalized spacial score (nSPS) is 24.5. The number of ether oxygens (including phenoxy) is 4. The lowest BCUT2D eigenvalue weighted by molar-refractivity contribution is -0.175. The lowest BCUT2D eigenvalue weighted by Crippen LogP contribution is -2.54. The molecule has 33 heavy (non-hydrogen) atoms. The SMILES string of the molecule is OC(CC1(C2Oc3ccccc3O2)CCCCC1)C1(C2Oc3ccccc3O2)CCCCC1. The lowest BCUT2D eigenvalue weighted by Gasteiger charge is -2.48. The van der Waals surface area contributed by atoms with Crippen molar-refractivity contribution in [3.05, 3.63) is 48.5 Å². The summed E-state index contributed by atoms with van der Waals surface area (Å²) in [7, 11) is 0. The molecule has 2 saturated carbocycles. The molecule has 1 atom stereocenters. The molecule has 0 radical (unpaired) electrons. The highest BCUT2D eigenvalue weighted by atomic mass is 16.7. The molecule has 2 fully saturated rings. The second kappa shape index (κ2) is 8.43. The monoisotopic (exact) mass is 450 g/mol. The van der Waals surface area contributed by atoms with Gasteiger partial charge in [0, 0.05) is 5.41 Å². The topological polar surface area (TPSA) is 57.2 Å². The molecule has 176 valence electrons. The quantitative estimate of drug-likeness (QED) is 0.585. The summed E-state index contributed by atoms with van der Waals surface area (Å²) in [5, 5.41) is 12.0. The lowest BCUT2D eigenvalue weighted by atomic mass is 9.62. The second-order valence-corrected chi connectivity index (χ2v) is 10.5. The molecule has 2 aliphatic carbocycles. The van der Waals surface area contributed by atoms with E-state index in [0.717, 1.165) is 74.4 Å². The van der Waals surface area contributed by atoms with Gasteiger partial charge >= 0.3 is 0 Å². The van der Waals surface area contributed by atoms with Crippen molar-refractivity contribution in [2.45, 2.75) is 89.3 Å². The van der Waals surface area contributed by atoms with Gasteiger partial charge in [-0.15, -0.1) is 0 Å². The number of aliphatic hydroxyl groups is 1. The van der Waals surface area contributed by atoms with Gasteiger partial charge in [0.2, 0.25) is 12.6 Å². The summed E-state index contributed by atoms with van der Waals surface area (Å²) in [4.78, 5) is 0. The van der Waals surface area contributed by atoms with Crippen LogP contribution in [0.3, 0.4) is 0 Å². The minimum Gasteiger partial charge on any atom is -0.450 e. The van der Waals surface area contributed by atoms with Gasteiger partial charge < -0.3 is 24.1 Å². The van der Waals surface area contributed by atoms with Crippen molar-refractivity contribution in [2.24, 2.45) is 10.8 Å². The Bertz CT molecular complexity index is 926. The van der Waals surface area contributed by atoms with E-state index < -0.39 is 17.8 Å². The van der Waals surface area contributed by atoms with Crippen LogP contribution in [0.2, 0.25) is 0 Å². The van der Waals surface area contributed by atoms with E-state index >= 15 is 0 Å². The number of hydrogen-bond acceptors (Lipinski definition) is 5. The molecule has 5 heteroatoms. The minimum atomic E-state index is -0.550. The minimum absolute atomic E-state index is 0.216. The molecule has 2 aromatic carbocycles. The summed E-state index contributed by atoms with van der Waals surface area (Å²) >= 11 is 0. The summed E-state index contributed by atoms with van der Waals surface area (Å²) < 4.78 is 25.4. The van der Waals surface area contributed by atoms with Crippen LogP contribution >= 0.6 is 0 Å². The van der Waals surface area contributed by atoms with Gasteiger partial charge in [-0.2, -0.15) is 0 Å². The fourth-order valence-corrected chi connectivity index (χ4v) is 6.60. The van der Waals surface area contributed by atoms with Gasteiger partial charge in [-0.1, -0.05) is 62.8 Å². The predicted molar refractivity (Wildman–Crippen MR) is 125 cm³/mol. The van der Waals surface area contributed by atoms with Crippen molar-refractivity contribution in [1.29, 1.82) is 0 Å². The molecule has 1 unspecified atom stereocenters. The number of hydrogen-bond donors (Lipinski definition) is 1. The molecule has 4 aliphatic rings. The van der Waals surface area contributed by atoms with Gasteiger partial charge in [0.1, 0.15) is 0 Å². The number of benzene rings is 2. The Hall–Kier alpha value is -2.40. The average Bonchev–Trinajstić information content (AvgIpc) is 3.50. The van der Waals surface area contributed by atoms with E-state index in [1.54, 1.807) is 0 Å². The van der Waals surface area contributed by atoms with Crippen molar-refractivity contribution in [3.63, 3.8) is 0 Å². The molecular formula is C28H34O5. The Labute approximate surface area is 196 Å². The molecule has 0 saturated heterocycles. The molecular weight excluding hydrogens is 416 g/mol. The maximum atomic E-state index is 12.0. The van der Waals surface area contributed by atoms with Crippen LogP contribution in [0.5, 0.6) is 23.0 Å². The van der Waals surface area contributed by atoms with E-state index in [0.29, 0.717) is 6.42 Å². The van der Waals surface area contributed by atoms with Crippen LogP contribution in [0.4, 0.5) is 0 Å². The second-order valence-electron chi connectivity index (χ2n) is 10.5. The Morgan fingerprint density at radius 2 is 1.06 bits per heavy atom. The zero-order chi connectivity index (χ0) is 22.3. The Morgan fingerprint density at radius 1 is 0.636 bits per heavy atom. The van der Waals surface area contributed by atoms with Crippen molar-refractivity contribution in [3.8, 4) is 23.0 Å². The van der Waals surface area contributed by atoms with Gasteiger partial charge in [0.15, 0.2) is 23.0 Å². The highest BCUT2D eigenvalue weighted by Gasteiger charge is 2.55. The molecule has 0 amide bonds. The zero-order valence-corrected chi connectivity index (χ0v) is 19.2. The molecule has 2 aromatic rings. The predicted octanol–water partition coefficient (Wildman–Crippen LogP) is 6.23. The van der Waals surface area contributed by atoms with Crippen molar-refractivity contribution in [2.75, 3.05) is 0 Å². The molecule has 0 bridgehead atoms. The number of fused-ring (bicyclic) bond motifs is 2. The number of para-hydroxylation sites is 4. The molecule has 6 rings (SSSR count). The zero-order valence-electron chi connectivity index (χ0n) is 19.2. The summed E-state index contributed by atoms with van der Waals surface area (Å²) in [6.07, 6.45) is 10.0. The van der Waals surface area contributed by atoms with Crippen molar-refractivity contribution >= 4 is 0 Å². The van der Waals surface area contributed by atoms with Gasteiger partial charge in [-0.3, -0.25) is 0 Å². The maximum Gasteiger partial charge on any atom is 0.249 e. The summed E-state index contributed by atoms with van der Waals surface area (Å²) in [5.74, 6) is 3.19. The van der Waals surface area contributed by atoms with Crippen LogP contribution in [0.1, 0.15) is 70.6 Å². The summed E-state index contributed by atoms with van der Waals surface area (Å²) in [5.41, 5.74) is -0.639. The molecule has 1 N–H and O–H groups in total. The van der Waals surface area contributed by atoms with Gasteiger partial charge in [0.25, 0.3) is 0 Å². The smallest absolute Gasteiger partial charge is 0.249 e. The molecule has 2 heterocycles. The first-order valence-corrected chi connectivity index (χ1v) is 12.7. The molecule has 2 aliphatic heterocycles. The van der Waals surface area contributed by atoms with Gasteiger partial charge in [-0.25, -0.2) is 0 Å². The maximum absolute atomic E-state index is 12.0. The van der Waals surface area contributed by atoms with E-state index in [4.69, 9.17) is 18.9 Å². The van der Waals surface area contributed by atoms with Crippen molar-refractivity contribution < 1.29 is 24.1 Å². The first-order chi connectivity index (χ1) is 16.2. The third-order valence-electron chi connectivity index (χ3n) is 8.50. The highest BCUT2D eigenvalue weighted by molar-refractivity contribution is 5.43. The largest absolute Gasteiger partial charge is 0.450 e. The van der Waals surface area contributed by atoms with Crippen LogP contribution in [0, 0.1) is 10.8 Å². The number of aliphatic hydroxyl groups excluding tert-OH is 1. The van der Waals surface area contributed by atoms with Crippen LogP contribution in [0.25, 0.3) is 0 Å². The van der Waals surface area contributed by atoms with Crippen molar-refractivity contribution in [1.82, 2.24) is 0 Å². The van der Waals surface area contributed by atoms with E-state index in [9.17, 15) is 5.11 Å². The third-order valence-corrected chi connectivity index (χ3v) is 8.50. The van der Waals surface area contributed by atoms with E-state index in [-0.39, 0.29) is 11.7 Å². The Kier molecular flexibility index (Phi) is 5.40. The van der Waals surface area contributed by atoms with Crippen LogP contribution in [-0.2, 0) is 0 Å². The van der Waals surface area contributed by atoms with Crippen LogP contribution in [-0.4, -0.2) is 23.8 Å². The average molecular weight is 451 g/mol. The third kappa shape index (κ3) is 3.65. The van der Waals surface area contributed by atoms with E-state index in [1.165, 1.54) is 12.8 Å². The molecule has 0 aromatic heterocycles. The highest BCUT2D eigenvalue weighted by Crippen LogP contribution is 2.55. The molecule has 0 spiro atoms. The standard InChI is InChI=1S/C28H34O5/c29-24(28(17-9-2-10-18-28)26-32-22-13-5-6-14-23(22)33-26)19-27(15-7-1-8-16-27)25-30-20-11-3-4-12-21(20)31-25/h3-6,11-14,24-26,29H,1-2,7-10,15-19H2. The Balaban J connectivity index is 1.28. The van der Waals surface area contributed by atoms with Gasteiger partial charge in [-0.05, 0) is 56.4 Å². The number of rotatable bonds is 5.